The van der Waals surface area contributed by atoms with Crippen LogP contribution in [0.4, 0.5) is 0 Å². The predicted molar refractivity (Wildman–Crippen MR) is 58.8 cm³/mol. The van der Waals surface area contributed by atoms with E-state index in [1.165, 1.54) is 37.8 Å². The maximum Gasteiger partial charge on any atom is 0.0547 e. The van der Waals surface area contributed by atoms with Gasteiger partial charge in [0.2, 0.25) is 0 Å². The molecule has 0 aromatic rings. The van der Waals surface area contributed by atoms with Crippen LogP contribution < -0.4 is 0 Å². The topological polar surface area (TPSA) is 32.6 Å². The van der Waals surface area contributed by atoms with E-state index in [4.69, 9.17) is 4.99 Å². The minimum atomic E-state index is -0.0553. The van der Waals surface area contributed by atoms with Crippen molar-refractivity contribution >= 4 is 5.71 Å². The fourth-order valence-corrected chi connectivity index (χ4v) is 2.53. The summed E-state index contributed by atoms with van der Waals surface area (Å²) in [6, 6.07) is 0.619. The zero-order valence-electron chi connectivity index (χ0n) is 8.91. The molecule has 1 N–H and O–H groups in total. The molecule has 0 heterocycles. The van der Waals surface area contributed by atoms with E-state index < -0.39 is 0 Å². The monoisotopic (exact) mass is 195 g/mol. The highest BCUT2D eigenvalue weighted by atomic mass is 16.3. The van der Waals surface area contributed by atoms with E-state index in [1.54, 1.807) is 0 Å². The van der Waals surface area contributed by atoms with E-state index in [0.717, 1.165) is 25.7 Å². The van der Waals surface area contributed by atoms with Gasteiger partial charge in [0.15, 0.2) is 0 Å². The first kappa shape index (κ1) is 10.2. The summed E-state index contributed by atoms with van der Waals surface area (Å²) in [6.07, 6.45) is 10.6. The Morgan fingerprint density at radius 3 is 2.21 bits per heavy atom. The fraction of sp³-hybridized carbons (Fsp3) is 0.917. The van der Waals surface area contributed by atoms with E-state index in [2.05, 4.69) is 0 Å². The van der Waals surface area contributed by atoms with Gasteiger partial charge in [0.1, 0.15) is 0 Å². The molecule has 80 valence electrons. The number of aliphatic hydroxyl groups is 1. The average Bonchev–Trinajstić information content (AvgIpc) is 2.23. The van der Waals surface area contributed by atoms with Crippen LogP contribution in [-0.4, -0.2) is 23.0 Å². The van der Waals surface area contributed by atoms with Gasteiger partial charge in [0.05, 0.1) is 6.10 Å². The molecule has 14 heavy (non-hydrogen) atoms. The van der Waals surface area contributed by atoms with Crippen molar-refractivity contribution in [2.75, 3.05) is 0 Å². The molecule has 0 amide bonds. The first-order chi connectivity index (χ1) is 6.84. The lowest BCUT2D eigenvalue weighted by Crippen LogP contribution is -2.20. The zero-order chi connectivity index (χ0) is 9.80. The summed E-state index contributed by atoms with van der Waals surface area (Å²) in [4.78, 5) is 4.84. The van der Waals surface area contributed by atoms with Crippen molar-refractivity contribution in [3.05, 3.63) is 0 Å². The average molecular weight is 195 g/mol. The first-order valence-corrected chi connectivity index (χ1v) is 6.08. The van der Waals surface area contributed by atoms with Crippen LogP contribution in [0.15, 0.2) is 4.99 Å². The van der Waals surface area contributed by atoms with Gasteiger partial charge in [0, 0.05) is 11.8 Å². The lowest BCUT2D eigenvalue weighted by Gasteiger charge is -2.23. The van der Waals surface area contributed by atoms with Crippen molar-refractivity contribution in [3.8, 4) is 0 Å². The van der Waals surface area contributed by atoms with Crippen molar-refractivity contribution < 1.29 is 5.11 Å². The molecule has 0 bridgehead atoms. The Morgan fingerprint density at radius 2 is 1.57 bits per heavy atom. The van der Waals surface area contributed by atoms with E-state index >= 15 is 0 Å². The van der Waals surface area contributed by atoms with Crippen LogP contribution in [0.5, 0.6) is 0 Å². The second-order valence-electron chi connectivity index (χ2n) is 4.72. The van der Waals surface area contributed by atoms with E-state index in [1.807, 2.05) is 0 Å². The third-order valence-corrected chi connectivity index (χ3v) is 3.47. The highest BCUT2D eigenvalue weighted by molar-refractivity contribution is 5.85. The third kappa shape index (κ3) is 2.81. The second kappa shape index (κ2) is 4.92. The lowest BCUT2D eigenvalue weighted by molar-refractivity contribution is 0.152. The molecule has 2 rings (SSSR count). The molecule has 0 aromatic heterocycles. The Bertz CT molecular complexity index is 196. The van der Waals surface area contributed by atoms with Gasteiger partial charge >= 0.3 is 0 Å². The van der Waals surface area contributed by atoms with Gasteiger partial charge in [-0.05, 0) is 38.5 Å². The standard InChI is InChI=1S/C12H21NO/c14-12-8-6-11(7-9-12)13-10-4-2-1-3-5-10/h10,12,14H,1-9H2. The van der Waals surface area contributed by atoms with Crippen LogP contribution >= 0.6 is 0 Å². The molecule has 2 heteroatoms. The summed E-state index contributed by atoms with van der Waals surface area (Å²) >= 11 is 0. The van der Waals surface area contributed by atoms with Crippen LogP contribution in [0, 0.1) is 0 Å². The quantitative estimate of drug-likeness (QED) is 0.685. The number of aliphatic hydroxyl groups excluding tert-OH is 1. The van der Waals surface area contributed by atoms with Crippen molar-refractivity contribution in [3.63, 3.8) is 0 Å². The largest absolute Gasteiger partial charge is 0.393 e. The van der Waals surface area contributed by atoms with E-state index in [9.17, 15) is 5.11 Å². The van der Waals surface area contributed by atoms with Crippen molar-refractivity contribution in [1.29, 1.82) is 0 Å². The lowest BCUT2D eigenvalue weighted by atomic mass is 9.93. The number of hydrogen-bond donors (Lipinski definition) is 1. The van der Waals surface area contributed by atoms with Gasteiger partial charge in [-0.2, -0.15) is 0 Å². The molecule has 2 fully saturated rings. The molecule has 2 aliphatic rings. The fourth-order valence-electron chi connectivity index (χ4n) is 2.53. The summed E-state index contributed by atoms with van der Waals surface area (Å²) in [7, 11) is 0. The smallest absolute Gasteiger partial charge is 0.0547 e. The molecule has 0 radical (unpaired) electrons. The normalized spacial score (nSPS) is 30.4. The third-order valence-electron chi connectivity index (χ3n) is 3.47. The van der Waals surface area contributed by atoms with Crippen LogP contribution in [0.3, 0.4) is 0 Å². The number of rotatable bonds is 1. The molecule has 0 saturated heterocycles. The molecular weight excluding hydrogens is 174 g/mol. The van der Waals surface area contributed by atoms with E-state index in [0.29, 0.717) is 6.04 Å². The molecule has 0 unspecified atom stereocenters. The summed E-state index contributed by atoms with van der Waals surface area (Å²) in [6.45, 7) is 0. The van der Waals surface area contributed by atoms with Gasteiger partial charge in [0.25, 0.3) is 0 Å². The molecular formula is C12H21NO. The summed E-state index contributed by atoms with van der Waals surface area (Å²) in [5.74, 6) is 0. The maximum absolute atomic E-state index is 9.38. The van der Waals surface area contributed by atoms with Gasteiger partial charge < -0.3 is 5.11 Å². The number of nitrogens with zero attached hydrogens (tertiary/aromatic N) is 1. The summed E-state index contributed by atoms with van der Waals surface area (Å²) < 4.78 is 0. The SMILES string of the molecule is OC1CCC(=NC2CCCCC2)CC1. The Kier molecular flexibility index (Phi) is 3.57. The Balaban J connectivity index is 1.83. The number of hydrogen-bond acceptors (Lipinski definition) is 2. The van der Waals surface area contributed by atoms with Gasteiger partial charge in [-0.3, -0.25) is 4.99 Å². The van der Waals surface area contributed by atoms with Crippen LogP contribution in [0.25, 0.3) is 0 Å². The molecule has 0 spiro atoms. The molecule has 2 saturated carbocycles. The zero-order valence-corrected chi connectivity index (χ0v) is 8.91. The number of aliphatic imine (C=N–C) groups is 1. The maximum atomic E-state index is 9.38. The molecule has 0 aromatic carbocycles. The van der Waals surface area contributed by atoms with Crippen LogP contribution in [-0.2, 0) is 0 Å². The predicted octanol–water partition coefficient (Wildman–Crippen LogP) is 2.70. The Labute approximate surface area is 86.4 Å². The van der Waals surface area contributed by atoms with Gasteiger partial charge in [-0.1, -0.05) is 19.3 Å². The molecule has 0 aliphatic heterocycles. The minimum Gasteiger partial charge on any atom is -0.393 e. The van der Waals surface area contributed by atoms with Crippen LogP contribution in [0.2, 0.25) is 0 Å². The molecule has 2 aliphatic carbocycles. The highest BCUT2D eigenvalue weighted by Gasteiger charge is 2.17. The van der Waals surface area contributed by atoms with E-state index in [-0.39, 0.29) is 6.10 Å². The Hall–Kier alpha value is -0.370. The second-order valence-corrected chi connectivity index (χ2v) is 4.72. The molecule has 0 atom stereocenters. The van der Waals surface area contributed by atoms with Gasteiger partial charge in [-0.15, -0.1) is 0 Å². The minimum absolute atomic E-state index is 0.0553. The highest BCUT2D eigenvalue weighted by Crippen LogP contribution is 2.23. The Morgan fingerprint density at radius 1 is 0.929 bits per heavy atom. The summed E-state index contributed by atoms with van der Waals surface area (Å²) in [5.41, 5.74) is 1.38. The van der Waals surface area contributed by atoms with Crippen LogP contribution in [0.1, 0.15) is 57.8 Å². The first-order valence-electron chi connectivity index (χ1n) is 6.08. The van der Waals surface area contributed by atoms with Crippen molar-refractivity contribution in [2.24, 2.45) is 4.99 Å². The van der Waals surface area contributed by atoms with Crippen molar-refractivity contribution in [1.82, 2.24) is 0 Å². The summed E-state index contributed by atoms with van der Waals surface area (Å²) in [5, 5.41) is 9.38. The molecule has 2 nitrogen and oxygen atoms in total. The van der Waals surface area contributed by atoms with Gasteiger partial charge in [-0.25, -0.2) is 0 Å². The van der Waals surface area contributed by atoms with Crippen molar-refractivity contribution in [2.45, 2.75) is 69.9 Å².